The fraction of sp³-hybridized carbons (Fsp3) is 0.227. The number of amides is 1. The number of aromatic nitrogens is 2. The van der Waals surface area contributed by atoms with Crippen LogP contribution in [0.1, 0.15) is 21.7 Å². The lowest BCUT2D eigenvalue weighted by molar-refractivity contribution is -0.111. The Morgan fingerprint density at radius 3 is 2.70 bits per heavy atom. The summed E-state index contributed by atoms with van der Waals surface area (Å²) in [6.45, 7) is 2.87. The molecule has 156 valence electrons. The number of ether oxygens (including phenoxy) is 3. The van der Waals surface area contributed by atoms with E-state index in [9.17, 15) is 4.79 Å². The molecule has 1 aromatic heterocycles. The molecule has 8 heteroatoms. The van der Waals surface area contributed by atoms with E-state index in [0.717, 1.165) is 11.1 Å². The molecule has 0 saturated carbocycles. The van der Waals surface area contributed by atoms with Gasteiger partial charge in [0.25, 0.3) is 0 Å². The van der Waals surface area contributed by atoms with Crippen molar-refractivity contribution in [2.24, 2.45) is 0 Å². The Bertz CT molecular complexity index is 1030. The number of hydrogen-bond donors (Lipinski definition) is 1. The Hall–Kier alpha value is -3.23. The van der Waals surface area contributed by atoms with Gasteiger partial charge in [-0.1, -0.05) is 41.7 Å². The Morgan fingerprint density at radius 1 is 1.10 bits per heavy atom. The van der Waals surface area contributed by atoms with E-state index in [-0.39, 0.29) is 5.91 Å². The summed E-state index contributed by atoms with van der Waals surface area (Å²) in [7, 11) is 3.17. The summed E-state index contributed by atoms with van der Waals surface area (Å²) < 4.78 is 16.4. The van der Waals surface area contributed by atoms with E-state index in [1.54, 1.807) is 20.3 Å². The number of methoxy groups -OCH3 is 2. The summed E-state index contributed by atoms with van der Waals surface area (Å²) in [5.41, 5.74) is 3.10. The minimum Gasteiger partial charge on any atom is -0.493 e. The molecule has 0 aliphatic rings. The van der Waals surface area contributed by atoms with Gasteiger partial charge in [-0.3, -0.25) is 10.1 Å². The molecule has 0 aliphatic carbocycles. The SMILES string of the molecule is COCc1nnc(NC(=O)/C=C/c2ccc(OCc3ccccc3C)c(OC)c2)s1. The molecule has 1 heterocycles. The number of nitrogens with zero attached hydrogens (tertiary/aromatic N) is 2. The first-order chi connectivity index (χ1) is 14.6. The summed E-state index contributed by atoms with van der Waals surface area (Å²) in [5, 5.41) is 11.6. The molecule has 2 aromatic carbocycles. The third kappa shape index (κ3) is 5.88. The summed E-state index contributed by atoms with van der Waals surface area (Å²) in [6.07, 6.45) is 3.13. The minimum absolute atomic E-state index is 0.297. The van der Waals surface area contributed by atoms with Crippen LogP contribution in [0.2, 0.25) is 0 Å². The van der Waals surface area contributed by atoms with Crippen molar-refractivity contribution in [3.8, 4) is 11.5 Å². The number of aryl methyl sites for hydroxylation is 1. The van der Waals surface area contributed by atoms with Gasteiger partial charge in [-0.15, -0.1) is 10.2 Å². The summed E-state index contributed by atoms with van der Waals surface area (Å²) in [4.78, 5) is 12.1. The van der Waals surface area contributed by atoms with Crippen molar-refractivity contribution in [1.29, 1.82) is 0 Å². The highest BCUT2D eigenvalue weighted by molar-refractivity contribution is 7.15. The second-order valence-corrected chi connectivity index (χ2v) is 7.44. The summed E-state index contributed by atoms with van der Waals surface area (Å²) >= 11 is 1.27. The Balaban J connectivity index is 1.61. The number of anilines is 1. The Morgan fingerprint density at radius 2 is 1.93 bits per heavy atom. The van der Waals surface area contributed by atoms with Crippen LogP contribution in [0.5, 0.6) is 11.5 Å². The first-order valence-corrected chi connectivity index (χ1v) is 10.1. The number of benzene rings is 2. The van der Waals surface area contributed by atoms with E-state index < -0.39 is 0 Å². The quantitative estimate of drug-likeness (QED) is 0.517. The second kappa shape index (κ2) is 10.5. The molecule has 0 unspecified atom stereocenters. The predicted molar refractivity (Wildman–Crippen MR) is 117 cm³/mol. The molecule has 3 aromatic rings. The number of hydrogen-bond acceptors (Lipinski definition) is 7. The minimum atomic E-state index is -0.297. The molecule has 3 rings (SSSR count). The van der Waals surface area contributed by atoms with Crippen LogP contribution in [0.3, 0.4) is 0 Å². The van der Waals surface area contributed by atoms with Crippen molar-refractivity contribution >= 4 is 28.5 Å². The van der Waals surface area contributed by atoms with Crippen LogP contribution in [0.15, 0.2) is 48.5 Å². The fourth-order valence-electron chi connectivity index (χ4n) is 2.64. The van der Waals surface area contributed by atoms with Crippen LogP contribution < -0.4 is 14.8 Å². The van der Waals surface area contributed by atoms with Crippen molar-refractivity contribution in [3.05, 3.63) is 70.2 Å². The molecule has 1 N–H and O–H groups in total. The van der Waals surface area contributed by atoms with Crippen molar-refractivity contribution in [1.82, 2.24) is 10.2 Å². The van der Waals surface area contributed by atoms with Crippen molar-refractivity contribution in [2.45, 2.75) is 20.1 Å². The van der Waals surface area contributed by atoms with Gasteiger partial charge in [0.15, 0.2) is 11.5 Å². The predicted octanol–water partition coefficient (Wildman–Crippen LogP) is 4.23. The van der Waals surface area contributed by atoms with Gasteiger partial charge in [0.05, 0.1) is 7.11 Å². The summed E-state index contributed by atoms with van der Waals surface area (Å²) in [5.74, 6) is 0.940. The third-order valence-corrected chi connectivity index (χ3v) is 5.04. The van der Waals surface area contributed by atoms with Gasteiger partial charge in [0.1, 0.15) is 18.2 Å². The normalized spacial score (nSPS) is 10.9. The zero-order valence-electron chi connectivity index (χ0n) is 17.0. The largest absolute Gasteiger partial charge is 0.493 e. The first kappa shape index (κ1) is 21.5. The van der Waals surface area contributed by atoms with Crippen LogP contribution in [-0.4, -0.2) is 30.3 Å². The molecule has 7 nitrogen and oxygen atoms in total. The number of rotatable bonds is 9. The smallest absolute Gasteiger partial charge is 0.250 e. The lowest BCUT2D eigenvalue weighted by atomic mass is 10.1. The highest BCUT2D eigenvalue weighted by Gasteiger charge is 2.08. The highest BCUT2D eigenvalue weighted by Crippen LogP contribution is 2.29. The number of carbonyl (C=O) groups excluding carboxylic acids is 1. The molecule has 0 spiro atoms. The van der Waals surface area contributed by atoms with Crippen molar-refractivity contribution in [3.63, 3.8) is 0 Å². The van der Waals surface area contributed by atoms with Crippen LogP contribution in [0, 0.1) is 6.92 Å². The molecule has 0 bridgehead atoms. The zero-order chi connectivity index (χ0) is 21.3. The van der Waals surface area contributed by atoms with Gasteiger partial charge in [0.2, 0.25) is 11.0 Å². The Kier molecular flexibility index (Phi) is 7.53. The third-order valence-electron chi connectivity index (χ3n) is 4.22. The van der Waals surface area contributed by atoms with Gasteiger partial charge in [-0.05, 0) is 41.8 Å². The molecule has 1 amide bonds. The molecule has 0 atom stereocenters. The van der Waals surface area contributed by atoms with E-state index in [0.29, 0.717) is 34.9 Å². The van der Waals surface area contributed by atoms with Crippen molar-refractivity contribution in [2.75, 3.05) is 19.5 Å². The first-order valence-electron chi connectivity index (χ1n) is 9.24. The van der Waals surface area contributed by atoms with E-state index >= 15 is 0 Å². The molecular weight excluding hydrogens is 402 g/mol. The zero-order valence-corrected chi connectivity index (χ0v) is 17.9. The maximum atomic E-state index is 12.1. The molecule has 0 fully saturated rings. The van der Waals surface area contributed by atoms with Crippen LogP contribution in [0.4, 0.5) is 5.13 Å². The molecule has 30 heavy (non-hydrogen) atoms. The topological polar surface area (TPSA) is 82.6 Å². The van der Waals surface area contributed by atoms with Crippen LogP contribution in [0.25, 0.3) is 6.08 Å². The number of carbonyl (C=O) groups is 1. The molecule has 0 radical (unpaired) electrons. The van der Waals surface area contributed by atoms with Gasteiger partial charge in [0, 0.05) is 13.2 Å². The Labute approximate surface area is 179 Å². The van der Waals surface area contributed by atoms with E-state index in [1.807, 2.05) is 36.4 Å². The maximum absolute atomic E-state index is 12.1. The average Bonchev–Trinajstić information content (AvgIpc) is 3.19. The van der Waals surface area contributed by atoms with Crippen LogP contribution in [-0.2, 0) is 22.7 Å². The lowest BCUT2D eigenvalue weighted by Crippen LogP contribution is -2.07. The van der Waals surface area contributed by atoms with Gasteiger partial charge >= 0.3 is 0 Å². The lowest BCUT2D eigenvalue weighted by Gasteiger charge is -2.12. The molecule has 0 saturated heterocycles. The van der Waals surface area contributed by atoms with Gasteiger partial charge < -0.3 is 14.2 Å². The highest BCUT2D eigenvalue weighted by atomic mass is 32.1. The standard InChI is InChI=1S/C22H23N3O4S/c1-15-6-4-5-7-17(15)13-29-18-10-8-16(12-19(18)28-3)9-11-20(26)23-22-25-24-21(30-22)14-27-2/h4-12H,13-14H2,1-3H3,(H,23,25,26)/b11-9+. The van der Waals surface area contributed by atoms with E-state index in [1.165, 1.54) is 23.0 Å². The van der Waals surface area contributed by atoms with E-state index in [4.69, 9.17) is 14.2 Å². The molecule has 0 aliphatic heterocycles. The van der Waals surface area contributed by atoms with E-state index in [2.05, 4.69) is 28.5 Å². The van der Waals surface area contributed by atoms with Gasteiger partial charge in [-0.2, -0.15) is 0 Å². The second-order valence-electron chi connectivity index (χ2n) is 6.38. The average molecular weight is 426 g/mol. The number of nitrogens with one attached hydrogen (secondary N) is 1. The monoisotopic (exact) mass is 425 g/mol. The molecular formula is C22H23N3O4S. The van der Waals surface area contributed by atoms with Crippen molar-refractivity contribution < 1.29 is 19.0 Å². The van der Waals surface area contributed by atoms with Crippen LogP contribution >= 0.6 is 11.3 Å². The maximum Gasteiger partial charge on any atom is 0.250 e. The fourth-order valence-corrected chi connectivity index (χ4v) is 3.35. The summed E-state index contributed by atoms with van der Waals surface area (Å²) in [6, 6.07) is 13.6. The van der Waals surface area contributed by atoms with Gasteiger partial charge in [-0.25, -0.2) is 0 Å².